The Bertz CT molecular complexity index is 520. The van der Waals surface area contributed by atoms with Crippen molar-refractivity contribution in [2.45, 2.75) is 47.1 Å². The van der Waals surface area contributed by atoms with Crippen LogP contribution in [0.1, 0.15) is 41.0 Å². The molecule has 0 aliphatic rings. The minimum atomic E-state index is -0.556. The Hall–Kier alpha value is -2.24. The monoisotopic (exact) mass is 337 g/mol. The van der Waals surface area contributed by atoms with Gasteiger partial charge in [0, 0.05) is 30.0 Å². The molecule has 0 bridgehead atoms. The van der Waals surface area contributed by atoms with Crippen molar-refractivity contribution in [2.24, 2.45) is 11.8 Å². The van der Waals surface area contributed by atoms with E-state index in [1.165, 1.54) is 18.2 Å². The summed E-state index contributed by atoms with van der Waals surface area (Å²) in [5.74, 6) is -1.78. The highest BCUT2D eigenvalue weighted by molar-refractivity contribution is 5.99. The number of nitrogens with one attached hydrogen (secondary N) is 1. The van der Waals surface area contributed by atoms with Crippen molar-refractivity contribution in [1.82, 2.24) is 5.32 Å². The van der Waals surface area contributed by atoms with E-state index in [-0.39, 0.29) is 42.0 Å². The first-order valence-corrected chi connectivity index (χ1v) is 8.08. The predicted octanol–water partition coefficient (Wildman–Crippen LogP) is 1.99. The Balaban J connectivity index is 4.37. The smallest absolute Gasteiger partial charge is 0.330 e. The van der Waals surface area contributed by atoms with Gasteiger partial charge in [0.15, 0.2) is 11.6 Å². The highest BCUT2D eigenvalue weighted by Gasteiger charge is 2.15. The van der Waals surface area contributed by atoms with Gasteiger partial charge in [-0.1, -0.05) is 20.8 Å². The maximum atomic E-state index is 11.9. The maximum absolute atomic E-state index is 11.9. The Labute approximate surface area is 143 Å². The van der Waals surface area contributed by atoms with E-state index in [2.05, 4.69) is 5.32 Å². The van der Waals surface area contributed by atoms with E-state index in [1.807, 2.05) is 0 Å². The summed E-state index contributed by atoms with van der Waals surface area (Å²) in [5.41, 5.74) is 0. The molecule has 0 rings (SSSR count). The topological polar surface area (TPSA) is 89.5 Å². The molecule has 0 spiro atoms. The van der Waals surface area contributed by atoms with Crippen LogP contribution in [0.2, 0.25) is 0 Å². The van der Waals surface area contributed by atoms with Gasteiger partial charge in [0.1, 0.15) is 0 Å². The Morgan fingerprint density at radius 3 is 2.04 bits per heavy atom. The van der Waals surface area contributed by atoms with Crippen LogP contribution in [0.15, 0.2) is 24.3 Å². The van der Waals surface area contributed by atoms with Gasteiger partial charge in [-0.2, -0.15) is 0 Å². The lowest BCUT2D eigenvalue weighted by Crippen LogP contribution is -2.33. The summed E-state index contributed by atoms with van der Waals surface area (Å²) in [6, 6.07) is -0.244. The molecule has 6 heteroatoms. The predicted molar refractivity (Wildman–Crippen MR) is 91.2 cm³/mol. The molecule has 0 aromatic carbocycles. The van der Waals surface area contributed by atoms with Gasteiger partial charge in [-0.3, -0.25) is 14.4 Å². The number of amides is 1. The molecule has 0 heterocycles. The van der Waals surface area contributed by atoms with Crippen molar-refractivity contribution in [2.75, 3.05) is 6.61 Å². The first-order valence-electron chi connectivity index (χ1n) is 8.08. The Kier molecular flexibility index (Phi) is 10.3. The van der Waals surface area contributed by atoms with Crippen LogP contribution in [-0.2, 0) is 23.9 Å². The number of hydrogen-bond acceptors (Lipinski definition) is 5. The van der Waals surface area contributed by atoms with E-state index >= 15 is 0 Å². The number of ether oxygens (including phenoxy) is 1. The van der Waals surface area contributed by atoms with Gasteiger partial charge >= 0.3 is 5.97 Å². The van der Waals surface area contributed by atoms with Gasteiger partial charge in [0.2, 0.25) is 5.91 Å². The molecule has 0 saturated carbocycles. The van der Waals surface area contributed by atoms with Gasteiger partial charge in [0.25, 0.3) is 0 Å². The fourth-order valence-electron chi connectivity index (χ4n) is 1.85. The van der Waals surface area contributed by atoms with Crippen LogP contribution in [0, 0.1) is 11.8 Å². The largest absolute Gasteiger partial charge is 0.463 e. The molecule has 2 atom stereocenters. The summed E-state index contributed by atoms with van der Waals surface area (Å²) >= 11 is 0. The Morgan fingerprint density at radius 1 is 0.917 bits per heavy atom. The number of carbonyl (C=O) groups is 4. The van der Waals surface area contributed by atoms with E-state index < -0.39 is 5.97 Å². The highest BCUT2D eigenvalue weighted by Crippen LogP contribution is 2.08. The van der Waals surface area contributed by atoms with Crippen molar-refractivity contribution in [1.29, 1.82) is 0 Å². The van der Waals surface area contributed by atoms with Gasteiger partial charge in [-0.15, -0.1) is 0 Å². The lowest BCUT2D eigenvalue weighted by Gasteiger charge is -2.16. The average Bonchev–Trinajstić information content (AvgIpc) is 2.49. The molecular formula is C18H27NO5. The molecule has 0 aromatic heterocycles. The van der Waals surface area contributed by atoms with Crippen LogP contribution >= 0.6 is 0 Å². The van der Waals surface area contributed by atoms with Gasteiger partial charge in [-0.25, -0.2) is 4.79 Å². The summed E-state index contributed by atoms with van der Waals surface area (Å²) in [5, 5.41) is 2.70. The van der Waals surface area contributed by atoms with Crippen LogP contribution in [-0.4, -0.2) is 36.1 Å². The quantitative estimate of drug-likeness (QED) is 0.486. The number of carbonyl (C=O) groups excluding carboxylic acids is 4. The normalized spacial score (nSPS) is 13.9. The summed E-state index contributed by atoms with van der Waals surface area (Å²) < 4.78 is 4.70. The minimum Gasteiger partial charge on any atom is -0.463 e. The molecule has 0 radical (unpaired) electrons. The first kappa shape index (κ1) is 21.8. The summed E-state index contributed by atoms with van der Waals surface area (Å²) in [6.45, 7) is 8.94. The highest BCUT2D eigenvalue weighted by atomic mass is 16.5. The van der Waals surface area contributed by atoms with E-state index in [9.17, 15) is 19.2 Å². The van der Waals surface area contributed by atoms with Crippen LogP contribution in [0.25, 0.3) is 0 Å². The van der Waals surface area contributed by atoms with Crippen molar-refractivity contribution in [3.05, 3.63) is 24.3 Å². The van der Waals surface area contributed by atoms with Gasteiger partial charge in [-0.05, 0) is 32.4 Å². The van der Waals surface area contributed by atoms with Gasteiger partial charge in [0.05, 0.1) is 6.61 Å². The van der Waals surface area contributed by atoms with E-state index in [4.69, 9.17) is 4.74 Å². The third-order valence-corrected chi connectivity index (χ3v) is 3.22. The number of esters is 1. The molecule has 0 aliphatic carbocycles. The number of ketones is 2. The maximum Gasteiger partial charge on any atom is 0.330 e. The van der Waals surface area contributed by atoms with E-state index in [0.717, 1.165) is 6.08 Å². The molecule has 1 amide bonds. The molecule has 6 nitrogen and oxygen atoms in total. The van der Waals surface area contributed by atoms with E-state index in [0.29, 0.717) is 6.42 Å². The SMILES string of the molecule is CCOC(=O)/C=C/C(=O)C(C)CC(C)NC(=O)/C=C\C(=O)C(C)C. The van der Waals surface area contributed by atoms with Crippen molar-refractivity contribution < 1.29 is 23.9 Å². The summed E-state index contributed by atoms with van der Waals surface area (Å²) in [7, 11) is 0. The lowest BCUT2D eigenvalue weighted by atomic mass is 9.98. The first-order chi connectivity index (χ1) is 11.2. The third-order valence-electron chi connectivity index (χ3n) is 3.22. The number of allylic oxidation sites excluding steroid dienone is 2. The third kappa shape index (κ3) is 9.71. The molecule has 1 N–H and O–H groups in total. The van der Waals surface area contributed by atoms with Crippen LogP contribution in [0.3, 0.4) is 0 Å². The zero-order valence-electron chi connectivity index (χ0n) is 15.0. The molecular weight excluding hydrogens is 310 g/mol. The van der Waals surface area contributed by atoms with Crippen LogP contribution < -0.4 is 5.32 Å². The fourth-order valence-corrected chi connectivity index (χ4v) is 1.85. The average molecular weight is 337 g/mol. The zero-order chi connectivity index (χ0) is 18.7. The molecule has 0 aliphatic heterocycles. The van der Waals surface area contributed by atoms with Crippen LogP contribution in [0.5, 0.6) is 0 Å². The summed E-state index contributed by atoms with van der Waals surface area (Å²) in [4.78, 5) is 46.2. The second-order valence-corrected chi connectivity index (χ2v) is 5.92. The number of hydrogen-bond donors (Lipinski definition) is 1. The standard InChI is InChI=1S/C18H27NO5/c1-6-24-18(23)10-8-16(21)13(4)11-14(5)19-17(22)9-7-15(20)12(2)3/h7-10,12-14H,6,11H2,1-5H3,(H,19,22)/b9-7-,10-8+. The molecule has 24 heavy (non-hydrogen) atoms. The van der Waals surface area contributed by atoms with E-state index in [1.54, 1.807) is 34.6 Å². The van der Waals surface area contributed by atoms with Crippen molar-refractivity contribution >= 4 is 23.4 Å². The molecule has 134 valence electrons. The summed E-state index contributed by atoms with van der Waals surface area (Å²) in [6.07, 6.45) is 5.17. The second-order valence-electron chi connectivity index (χ2n) is 5.92. The van der Waals surface area contributed by atoms with Crippen molar-refractivity contribution in [3.8, 4) is 0 Å². The minimum absolute atomic E-state index is 0.120. The molecule has 0 fully saturated rings. The second kappa shape index (κ2) is 11.3. The molecule has 0 saturated heterocycles. The lowest BCUT2D eigenvalue weighted by molar-refractivity contribution is -0.137. The van der Waals surface area contributed by atoms with Gasteiger partial charge < -0.3 is 10.1 Å². The van der Waals surface area contributed by atoms with Crippen LogP contribution in [0.4, 0.5) is 0 Å². The molecule has 0 aromatic rings. The van der Waals surface area contributed by atoms with Crippen molar-refractivity contribution in [3.63, 3.8) is 0 Å². The molecule has 2 unspecified atom stereocenters. The zero-order valence-corrected chi connectivity index (χ0v) is 15.0. The Morgan fingerprint density at radius 2 is 1.50 bits per heavy atom. The fraction of sp³-hybridized carbons (Fsp3) is 0.556. The number of rotatable bonds is 10.